The summed E-state index contributed by atoms with van der Waals surface area (Å²) < 4.78 is 33.3. The predicted molar refractivity (Wildman–Crippen MR) is 133 cm³/mol. The van der Waals surface area contributed by atoms with Crippen LogP contribution in [-0.4, -0.2) is 11.6 Å². The molecule has 5 rings (SSSR count). The van der Waals surface area contributed by atoms with Crippen LogP contribution in [0.5, 0.6) is 0 Å². The van der Waals surface area contributed by atoms with Gasteiger partial charge < -0.3 is 4.90 Å². The Balaban J connectivity index is 1.58. The fourth-order valence-corrected chi connectivity index (χ4v) is 7.04. The van der Waals surface area contributed by atoms with Crippen molar-refractivity contribution in [2.24, 2.45) is 7.05 Å². The van der Waals surface area contributed by atoms with E-state index in [1.807, 2.05) is 48.7 Å². The Morgan fingerprint density at radius 3 is 2.61 bits per heavy atom. The summed E-state index contributed by atoms with van der Waals surface area (Å²) in [6, 6.07) is 9.50. The molecule has 0 fully saturated rings. The molecule has 168 valence electrons. The average Bonchev–Trinajstić information content (AvgIpc) is 3.38. The van der Waals surface area contributed by atoms with Crippen LogP contribution in [0.15, 0.2) is 57.2 Å². The lowest BCUT2D eigenvalue weighted by Crippen LogP contribution is -2.32. The molecule has 1 aliphatic rings. The number of allylic oxidation sites excluding steroid dienone is 1. The molecule has 0 spiro atoms. The molecule has 3 heterocycles. The topological polar surface area (TPSA) is 29.1 Å². The van der Waals surface area contributed by atoms with E-state index in [2.05, 4.69) is 0 Å². The maximum atomic E-state index is 13.6. The van der Waals surface area contributed by atoms with Crippen LogP contribution < -0.4 is 24.2 Å². The number of thioether (sulfide) groups is 1. The van der Waals surface area contributed by atoms with E-state index in [0.29, 0.717) is 11.1 Å². The van der Waals surface area contributed by atoms with Crippen molar-refractivity contribution in [2.75, 3.05) is 11.9 Å². The highest BCUT2D eigenvalue weighted by Crippen LogP contribution is 2.45. The SMILES string of the molecule is CCn1c(=O)/c(=C/C=C2\Sc3ccc(F)cc3N2C)s/c1=C\c1sc2cc(F)ccc2[n+]1C. The van der Waals surface area contributed by atoms with Crippen molar-refractivity contribution >= 4 is 62.5 Å². The molecule has 0 atom stereocenters. The van der Waals surface area contributed by atoms with E-state index >= 15 is 0 Å². The zero-order chi connectivity index (χ0) is 23.3. The molecule has 1 aliphatic heterocycles. The summed E-state index contributed by atoms with van der Waals surface area (Å²) in [5.74, 6) is -0.533. The molecule has 4 aromatic rings. The summed E-state index contributed by atoms with van der Waals surface area (Å²) in [7, 11) is 3.83. The van der Waals surface area contributed by atoms with E-state index in [9.17, 15) is 13.6 Å². The highest BCUT2D eigenvalue weighted by Gasteiger charge is 2.22. The van der Waals surface area contributed by atoms with Crippen LogP contribution in [0.2, 0.25) is 0 Å². The Morgan fingerprint density at radius 2 is 1.82 bits per heavy atom. The van der Waals surface area contributed by atoms with E-state index in [4.69, 9.17) is 0 Å². The fourth-order valence-electron chi connectivity index (χ4n) is 3.77. The minimum atomic E-state index is -0.271. The molecule has 9 heteroatoms. The highest BCUT2D eigenvalue weighted by atomic mass is 32.2. The van der Waals surface area contributed by atoms with Crippen molar-refractivity contribution in [3.8, 4) is 0 Å². The number of anilines is 1. The lowest BCUT2D eigenvalue weighted by molar-refractivity contribution is -0.642. The zero-order valence-corrected chi connectivity index (χ0v) is 20.6. The first kappa shape index (κ1) is 22.1. The number of hydrogen-bond donors (Lipinski definition) is 0. The van der Waals surface area contributed by atoms with Gasteiger partial charge in [-0.1, -0.05) is 23.1 Å². The molecule has 0 unspecified atom stereocenters. The van der Waals surface area contributed by atoms with Gasteiger partial charge in [0.25, 0.3) is 10.6 Å². The fraction of sp³-hybridized carbons (Fsp3) is 0.167. The third-order valence-corrected chi connectivity index (χ3v) is 8.94. The molecule has 2 aromatic carbocycles. The first-order chi connectivity index (χ1) is 15.9. The van der Waals surface area contributed by atoms with Gasteiger partial charge in [-0.3, -0.25) is 9.36 Å². The molecule has 0 saturated carbocycles. The molecule has 33 heavy (non-hydrogen) atoms. The molecule has 0 aliphatic carbocycles. The van der Waals surface area contributed by atoms with Gasteiger partial charge >= 0.3 is 0 Å². The molecule has 2 aromatic heterocycles. The van der Waals surface area contributed by atoms with Crippen molar-refractivity contribution in [2.45, 2.75) is 18.4 Å². The normalized spacial score (nSPS) is 15.9. The molecule has 0 bridgehead atoms. The van der Waals surface area contributed by atoms with Gasteiger partial charge in [-0.2, -0.15) is 4.57 Å². The quantitative estimate of drug-likeness (QED) is 0.399. The van der Waals surface area contributed by atoms with Crippen molar-refractivity contribution in [3.05, 3.63) is 83.7 Å². The number of nitrogens with zero attached hydrogens (tertiary/aromatic N) is 3. The lowest BCUT2D eigenvalue weighted by Gasteiger charge is -2.12. The van der Waals surface area contributed by atoms with E-state index in [1.165, 1.54) is 46.9 Å². The van der Waals surface area contributed by atoms with Crippen LogP contribution in [0.4, 0.5) is 14.5 Å². The number of hydrogen-bond acceptors (Lipinski definition) is 5. The van der Waals surface area contributed by atoms with E-state index in [-0.39, 0.29) is 17.2 Å². The second kappa shape index (κ2) is 8.55. The molecule has 0 N–H and O–H groups in total. The van der Waals surface area contributed by atoms with Crippen molar-refractivity contribution in [1.82, 2.24) is 4.57 Å². The van der Waals surface area contributed by atoms with Gasteiger partial charge in [0.2, 0.25) is 5.52 Å². The number of aryl methyl sites for hydroxylation is 1. The van der Waals surface area contributed by atoms with Gasteiger partial charge in [0.1, 0.15) is 28.0 Å². The summed E-state index contributed by atoms with van der Waals surface area (Å²) >= 11 is 4.46. The standard InChI is InChI=1S/C24H20F2N3OS3/c1-4-29-23(13-22-27(2)16-7-5-15(26)12-20(16)33-22)32-19(24(29)30)9-10-21-28(3)17-11-14(25)6-8-18(17)31-21/h5-13H,4H2,1-3H3/q+1/b19-9-,21-10-. The number of rotatable bonds is 3. The van der Waals surface area contributed by atoms with Crippen LogP contribution in [0.3, 0.4) is 0 Å². The Morgan fingerprint density at radius 1 is 1.06 bits per heavy atom. The maximum absolute atomic E-state index is 13.6. The Labute approximate surface area is 201 Å². The van der Waals surface area contributed by atoms with Gasteiger partial charge in [-0.15, -0.1) is 11.3 Å². The van der Waals surface area contributed by atoms with Gasteiger partial charge in [0, 0.05) is 24.6 Å². The molecular weight excluding hydrogens is 480 g/mol. The third-order valence-electron chi connectivity index (χ3n) is 5.53. The first-order valence-electron chi connectivity index (χ1n) is 10.3. The number of fused-ring (bicyclic) bond motifs is 2. The summed E-state index contributed by atoms with van der Waals surface area (Å²) in [5.41, 5.74) is 1.72. The third kappa shape index (κ3) is 3.94. The molecular formula is C24H20F2N3OS3+. The second-order valence-electron chi connectivity index (χ2n) is 7.55. The summed E-state index contributed by atoms with van der Waals surface area (Å²) in [5, 5.41) is 1.86. The molecule has 0 saturated heterocycles. The Bertz CT molecular complexity index is 1610. The smallest absolute Gasteiger partial charge is 0.269 e. The molecule has 0 amide bonds. The molecule has 0 radical (unpaired) electrons. The largest absolute Gasteiger partial charge is 0.338 e. The van der Waals surface area contributed by atoms with Gasteiger partial charge in [0.15, 0.2) is 0 Å². The van der Waals surface area contributed by atoms with Crippen molar-refractivity contribution in [3.63, 3.8) is 0 Å². The van der Waals surface area contributed by atoms with Crippen LogP contribution >= 0.6 is 34.4 Å². The summed E-state index contributed by atoms with van der Waals surface area (Å²) in [6.45, 7) is 2.49. The van der Waals surface area contributed by atoms with Crippen LogP contribution in [-0.2, 0) is 13.6 Å². The van der Waals surface area contributed by atoms with Crippen LogP contribution in [0.1, 0.15) is 11.9 Å². The van der Waals surface area contributed by atoms with Gasteiger partial charge in [-0.05, 0) is 49.4 Å². The lowest BCUT2D eigenvalue weighted by atomic mass is 10.3. The van der Waals surface area contributed by atoms with E-state index in [0.717, 1.165) is 35.5 Å². The number of halogens is 2. The number of thiazole rings is 2. The van der Waals surface area contributed by atoms with Crippen LogP contribution in [0, 0.1) is 11.6 Å². The monoisotopic (exact) mass is 500 g/mol. The Kier molecular flexibility index (Phi) is 5.72. The maximum Gasteiger partial charge on any atom is 0.269 e. The average molecular weight is 501 g/mol. The first-order valence-corrected chi connectivity index (χ1v) is 12.7. The zero-order valence-electron chi connectivity index (χ0n) is 18.1. The summed E-state index contributed by atoms with van der Waals surface area (Å²) in [4.78, 5) is 15.9. The Hall–Kier alpha value is -2.75. The van der Waals surface area contributed by atoms with Gasteiger partial charge in [0.05, 0.1) is 21.3 Å². The van der Waals surface area contributed by atoms with E-state index in [1.54, 1.807) is 28.5 Å². The number of benzene rings is 2. The van der Waals surface area contributed by atoms with Crippen molar-refractivity contribution in [1.29, 1.82) is 0 Å². The molecule has 4 nitrogen and oxygen atoms in total. The predicted octanol–water partition coefficient (Wildman–Crippen LogP) is 3.94. The van der Waals surface area contributed by atoms with Gasteiger partial charge in [-0.25, -0.2) is 8.78 Å². The number of aromatic nitrogens is 2. The minimum Gasteiger partial charge on any atom is -0.338 e. The summed E-state index contributed by atoms with van der Waals surface area (Å²) in [6.07, 6.45) is 5.72. The van der Waals surface area contributed by atoms with Crippen LogP contribution in [0.25, 0.3) is 22.4 Å². The van der Waals surface area contributed by atoms with Crippen molar-refractivity contribution < 1.29 is 13.3 Å². The van der Waals surface area contributed by atoms with E-state index < -0.39 is 0 Å². The second-order valence-corrected chi connectivity index (χ2v) is 10.7. The minimum absolute atomic E-state index is 0.0467. The highest BCUT2D eigenvalue weighted by molar-refractivity contribution is 8.03.